The average molecular weight is 324 g/mol. The Morgan fingerprint density at radius 2 is 2.06 bits per heavy atom. The van der Waals surface area contributed by atoms with Crippen molar-refractivity contribution in [2.75, 3.05) is 20.8 Å². The smallest absolute Gasteiger partial charge is 0.175 e. The van der Waals surface area contributed by atoms with E-state index in [1.54, 1.807) is 14.2 Å². The molecule has 0 amide bonds. The van der Waals surface area contributed by atoms with E-state index in [0.29, 0.717) is 24.0 Å². The molecular formula is C12H16BrClO3. The summed E-state index contributed by atoms with van der Waals surface area (Å²) < 4.78 is 16.9. The number of alkyl halides is 1. The van der Waals surface area contributed by atoms with Gasteiger partial charge in [-0.15, -0.1) is 11.6 Å². The van der Waals surface area contributed by atoms with Crippen LogP contribution in [-0.4, -0.2) is 26.9 Å². The molecule has 0 spiro atoms. The van der Waals surface area contributed by atoms with Crippen molar-refractivity contribution < 1.29 is 14.2 Å². The number of methoxy groups -OCH3 is 2. The Balaban J connectivity index is 2.89. The van der Waals surface area contributed by atoms with Crippen molar-refractivity contribution >= 4 is 27.5 Å². The molecular weight excluding hydrogens is 307 g/mol. The number of hydrogen-bond donors (Lipinski definition) is 0. The first-order valence-corrected chi connectivity index (χ1v) is 6.53. The maximum Gasteiger partial charge on any atom is 0.175 e. The first-order valence-electron chi connectivity index (χ1n) is 5.20. The molecule has 1 unspecified atom stereocenters. The number of ether oxygens (including phenoxy) is 3. The van der Waals surface area contributed by atoms with E-state index >= 15 is 0 Å². The second-order valence-corrected chi connectivity index (χ2v) is 4.72. The molecule has 0 radical (unpaired) electrons. The molecule has 3 nitrogen and oxygen atoms in total. The highest BCUT2D eigenvalue weighted by Gasteiger charge is 2.12. The molecule has 0 aliphatic rings. The normalized spacial score (nSPS) is 12.3. The summed E-state index contributed by atoms with van der Waals surface area (Å²) >= 11 is 9.24. The van der Waals surface area contributed by atoms with Crippen LogP contribution in [0.2, 0.25) is 0 Å². The van der Waals surface area contributed by atoms with Crippen LogP contribution in [0.25, 0.3) is 0 Å². The van der Waals surface area contributed by atoms with Gasteiger partial charge in [-0.1, -0.05) is 0 Å². The molecule has 0 saturated carbocycles. The molecule has 1 aromatic carbocycles. The molecule has 0 heterocycles. The monoisotopic (exact) mass is 322 g/mol. The van der Waals surface area contributed by atoms with Crippen LogP contribution >= 0.6 is 27.5 Å². The van der Waals surface area contributed by atoms with Gasteiger partial charge >= 0.3 is 0 Å². The highest BCUT2D eigenvalue weighted by molar-refractivity contribution is 9.10. The fourth-order valence-corrected chi connectivity index (χ4v) is 2.02. The molecule has 0 aliphatic heterocycles. The highest BCUT2D eigenvalue weighted by Crippen LogP contribution is 2.37. The molecule has 1 rings (SSSR count). The Bertz CT molecular complexity index is 371. The molecule has 0 saturated heterocycles. The van der Waals surface area contributed by atoms with Crippen molar-refractivity contribution in [2.45, 2.75) is 18.9 Å². The lowest BCUT2D eigenvalue weighted by atomic mass is 10.2. The van der Waals surface area contributed by atoms with Crippen LogP contribution in [0.5, 0.6) is 11.5 Å². The fraction of sp³-hybridized carbons (Fsp3) is 0.500. The van der Waals surface area contributed by atoms with E-state index in [1.807, 2.05) is 19.1 Å². The molecule has 96 valence electrons. The van der Waals surface area contributed by atoms with Crippen LogP contribution in [0, 0.1) is 0 Å². The van der Waals surface area contributed by atoms with Gasteiger partial charge in [-0.25, -0.2) is 0 Å². The molecule has 0 fully saturated rings. The summed E-state index contributed by atoms with van der Waals surface area (Å²) in [4.78, 5) is 0. The summed E-state index contributed by atoms with van der Waals surface area (Å²) in [6.07, 6.45) is 0.0271. The predicted molar refractivity (Wildman–Crippen MR) is 72.2 cm³/mol. The quantitative estimate of drug-likeness (QED) is 0.749. The summed E-state index contributed by atoms with van der Waals surface area (Å²) in [6, 6.07) is 3.78. The molecule has 1 aromatic rings. The Morgan fingerprint density at radius 1 is 1.35 bits per heavy atom. The van der Waals surface area contributed by atoms with Gasteiger partial charge < -0.3 is 14.2 Å². The Labute approximate surface area is 115 Å². The predicted octanol–water partition coefficient (Wildman–Crippen LogP) is 3.61. The summed E-state index contributed by atoms with van der Waals surface area (Å²) in [5, 5.41) is 0. The zero-order chi connectivity index (χ0) is 12.8. The Morgan fingerprint density at radius 3 is 2.59 bits per heavy atom. The minimum atomic E-state index is 0.0271. The van der Waals surface area contributed by atoms with Crippen LogP contribution in [0.4, 0.5) is 0 Å². The minimum Gasteiger partial charge on any atom is -0.493 e. The Kier molecular flexibility index (Phi) is 6.09. The second-order valence-electron chi connectivity index (χ2n) is 3.60. The number of benzene rings is 1. The van der Waals surface area contributed by atoms with Gasteiger partial charge in [0.1, 0.15) is 6.61 Å². The summed E-state index contributed by atoms with van der Waals surface area (Å²) in [7, 11) is 3.25. The minimum absolute atomic E-state index is 0.0271. The van der Waals surface area contributed by atoms with Crippen molar-refractivity contribution in [2.24, 2.45) is 0 Å². The zero-order valence-corrected chi connectivity index (χ0v) is 12.5. The van der Waals surface area contributed by atoms with Crippen molar-refractivity contribution in [1.29, 1.82) is 0 Å². The molecule has 1 atom stereocenters. The third-order valence-electron chi connectivity index (χ3n) is 2.31. The zero-order valence-electron chi connectivity index (χ0n) is 10.1. The number of hydrogen-bond acceptors (Lipinski definition) is 3. The molecule has 0 aliphatic carbocycles. The highest BCUT2D eigenvalue weighted by atomic mass is 79.9. The maximum absolute atomic E-state index is 5.79. The first-order chi connectivity index (χ1) is 8.12. The molecule has 17 heavy (non-hydrogen) atoms. The lowest BCUT2D eigenvalue weighted by Gasteiger charge is -2.16. The van der Waals surface area contributed by atoms with Gasteiger partial charge in [0.25, 0.3) is 0 Å². The second kappa shape index (κ2) is 7.09. The van der Waals surface area contributed by atoms with E-state index < -0.39 is 0 Å². The van der Waals surface area contributed by atoms with Crippen molar-refractivity contribution in [3.05, 3.63) is 22.2 Å². The summed E-state index contributed by atoms with van der Waals surface area (Å²) in [5.41, 5.74) is 0.975. The average Bonchev–Trinajstić information content (AvgIpc) is 2.35. The summed E-state index contributed by atoms with van der Waals surface area (Å²) in [6.45, 7) is 2.40. The lowest BCUT2D eigenvalue weighted by Crippen LogP contribution is -2.16. The van der Waals surface area contributed by atoms with Crippen LogP contribution in [-0.2, 0) is 10.6 Å². The molecule has 0 bridgehead atoms. The van der Waals surface area contributed by atoms with Crippen LogP contribution in [0.3, 0.4) is 0 Å². The van der Waals surface area contributed by atoms with Gasteiger partial charge in [-0.2, -0.15) is 0 Å². The topological polar surface area (TPSA) is 27.7 Å². The van der Waals surface area contributed by atoms with Gasteiger partial charge in [-0.05, 0) is 40.5 Å². The third-order valence-corrected chi connectivity index (χ3v) is 3.21. The molecule has 0 aromatic heterocycles. The van der Waals surface area contributed by atoms with Gasteiger partial charge in [0.15, 0.2) is 11.5 Å². The van der Waals surface area contributed by atoms with Crippen molar-refractivity contribution in [3.8, 4) is 11.5 Å². The largest absolute Gasteiger partial charge is 0.493 e. The van der Waals surface area contributed by atoms with E-state index in [1.165, 1.54) is 0 Å². The van der Waals surface area contributed by atoms with Gasteiger partial charge in [0, 0.05) is 13.0 Å². The third kappa shape index (κ3) is 4.05. The van der Waals surface area contributed by atoms with Crippen molar-refractivity contribution in [1.82, 2.24) is 0 Å². The standard InChI is InChI=1S/C12H16BrClO3/c1-8(15-2)7-17-12-10(13)4-9(6-14)5-11(12)16-3/h4-5,8H,6-7H2,1-3H3. The number of rotatable bonds is 6. The van der Waals surface area contributed by atoms with Crippen LogP contribution < -0.4 is 9.47 Å². The first kappa shape index (κ1) is 14.6. The van der Waals surface area contributed by atoms with Gasteiger partial charge in [0.05, 0.1) is 17.7 Å². The van der Waals surface area contributed by atoms with E-state index in [-0.39, 0.29) is 6.10 Å². The van der Waals surface area contributed by atoms with Gasteiger partial charge in [0.2, 0.25) is 0 Å². The SMILES string of the molecule is COc1cc(CCl)cc(Br)c1OCC(C)OC. The van der Waals surface area contributed by atoms with E-state index in [9.17, 15) is 0 Å². The maximum atomic E-state index is 5.79. The van der Waals surface area contributed by atoms with Crippen LogP contribution in [0.1, 0.15) is 12.5 Å². The fourth-order valence-electron chi connectivity index (χ4n) is 1.26. The lowest BCUT2D eigenvalue weighted by molar-refractivity contribution is 0.0703. The number of halogens is 2. The van der Waals surface area contributed by atoms with E-state index in [2.05, 4.69) is 15.9 Å². The van der Waals surface area contributed by atoms with Crippen molar-refractivity contribution in [3.63, 3.8) is 0 Å². The van der Waals surface area contributed by atoms with E-state index in [4.69, 9.17) is 25.8 Å². The molecule has 5 heteroatoms. The van der Waals surface area contributed by atoms with Crippen LogP contribution in [0.15, 0.2) is 16.6 Å². The van der Waals surface area contributed by atoms with Gasteiger partial charge in [-0.3, -0.25) is 0 Å². The summed E-state index contributed by atoms with van der Waals surface area (Å²) in [5.74, 6) is 1.77. The Hall–Kier alpha value is -0.450. The molecule has 0 N–H and O–H groups in total. The van der Waals surface area contributed by atoms with E-state index in [0.717, 1.165) is 10.0 Å².